The summed E-state index contributed by atoms with van der Waals surface area (Å²) in [5.41, 5.74) is 3.52. The fourth-order valence-electron chi connectivity index (χ4n) is 4.15. The Labute approximate surface area is 138 Å². The van der Waals surface area contributed by atoms with Crippen LogP contribution in [-0.4, -0.2) is 22.4 Å². The first-order valence-electron chi connectivity index (χ1n) is 8.22. The molecule has 2 aromatic carbocycles. The summed E-state index contributed by atoms with van der Waals surface area (Å²) in [6.45, 7) is 0.573. The highest BCUT2D eigenvalue weighted by Crippen LogP contribution is 2.53. The number of H-pyrrole nitrogens is 1. The summed E-state index contributed by atoms with van der Waals surface area (Å²) in [5.74, 6) is -0.270. The Morgan fingerprint density at radius 2 is 2.12 bits per heavy atom. The van der Waals surface area contributed by atoms with E-state index in [4.69, 9.17) is 0 Å². The molecule has 0 saturated heterocycles. The normalized spacial score (nSPS) is 18.0. The summed E-state index contributed by atoms with van der Waals surface area (Å²) < 4.78 is 14.5. The van der Waals surface area contributed by atoms with Gasteiger partial charge < -0.3 is 9.88 Å². The number of aromatic amines is 1. The van der Waals surface area contributed by atoms with Gasteiger partial charge in [-0.05, 0) is 43.2 Å². The third kappa shape index (κ3) is 1.72. The second-order valence-electron chi connectivity index (χ2n) is 6.79. The maximum atomic E-state index is 14.5. The molecule has 3 aromatic rings. The lowest BCUT2D eigenvalue weighted by molar-refractivity contribution is 0.0979. The van der Waals surface area contributed by atoms with E-state index in [0.717, 1.165) is 41.5 Å². The molecule has 2 aliphatic rings. The van der Waals surface area contributed by atoms with Crippen molar-refractivity contribution in [1.82, 2.24) is 9.97 Å². The smallest absolute Gasteiger partial charge is 0.258 e. The number of amides is 1. The first kappa shape index (κ1) is 13.7. The molecule has 1 spiro atoms. The van der Waals surface area contributed by atoms with Crippen molar-refractivity contribution in [2.75, 3.05) is 11.4 Å². The summed E-state index contributed by atoms with van der Waals surface area (Å²) in [5, 5.41) is 0. The Kier molecular flexibility index (Phi) is 2.66. The zero-order valence-corrected chi connectivity index (χ0v) is 13.1. The molecule has 2 heterocycles. The lowest BCUT2D eigenvalue weighted by Gasteiger charge is -2.39. The van der Waals surface area contributed by atoms with Crippen LogP contribution in [0.3, 0.4) is 0 Å². The fraction of sp³-hybridized carbons (Fsp3) is 0.263. The van der Waals surface area contributed by atoms with Crippen molar-refractivity contribution >= 4 is 22.6 Å². The van der Waals surface area contributed by atoms with E-state index in [9.17, 15) is 9.18 Å². The van der Waals surface area contributed by atoms with Crippen molar-refractivity contribution in [2.24, 2.45) is 0 Å². The van der Waals surface area contributed by atoms with Crippen LogP contribution < -0.4 is 4.90 Å². The van der Waals surface area contributed by atoms with E-state index in [1.165, 1.54) is 6.07 Å². The summed E-state index contributed by atoms with van der Waals surface area (Å²) in [6, 6.07) is 10.5. The summed E-state index contributed by atoms with van der Waals surface area (Å²) in [6.07, 6.45) is 4.60. The van der Waals surface area contributed by atoms with Gasteiger partial charge in [-0.25, -0.2) is 9.37 Å². The number of halogens is 1. The zero-order valence-electron chi connectivity index (χ0n) is 13.1. The number of nitrogens with one attached hydrogen (secondary N) is 1. The van der Waals surface area contributed by atoms with Gasteiger partial charge in [-0.15, -0.1) is 0 Å². The maximum Gasteiger partial charge on any atom is 0.258 e. The van der Waals surface area contributed by atoms with E-state index >= 15 is 0 Å². The number of imidazole rings is 1. The average molecular weight is 321 g/mol. The number of hydrogen-bond acceptors (Lipinski definition) is 2. The van der Waals surface area contributed by atoms with Crippen molar-refractivity contribution in [3.63, 3.8) is 0 Å². The van der Waals surface area contributed by atoms with Gasteiger partial charge in [-0.2, -0.15) is 0 Å². The molecular formula is C19H16FN3O. The molecule has 0 atom stereocenters. The minimum atomic E-state index is -0.188. The highest BCUT2D eigenvalue weighted by Gasteiger charge is 2.50. The highest BCUT2D eigenvalue weighted by atomic mass is 19.1. The molecule has 1 fully saturated rings. The van der Waals surface area contributed by atoms with Gasteiger partial charge in [-0.1, -0.05) is 12.5 Å². The Hall–Kier alpha value is -2.69. The molecule has 0 radical (unpaired) electrons. The molecular weight excluding hydrogens is 305 g/mol. The Balaban J connectivity index is 1.60. The lowest BCUT2D eigenvalue weighted by atomic mass is 9.65. The van der Waals surface area contributed by atoms with Crippen LogP contribution in [0.15, 0.2) is 42.7 Å². The van der Waals surface area contributed by atoms with Gasteiger partial charge in [-0.3, -0.25) is 4.79 Å². The zero-order chi connectivity index (χ0) is 16.3. The quantitative estimate of drug-likeness (QED) is 0.741. The monoisotopic (exact) mass is 321 g/mol. The molecule has 1 aliphatic carbocycles. The second kappa shape index (κ2) is 4.66. The van der Waals surface area contributed by atoms with E-state index in [-0.39, 0.29) is 17.1 Å². The molecule has 24 heavy (non-hydrogen) atoms. The van der Waals surface area contributed by atoms with Gasteiger partial charge in [0.2, 0.25) is 0 Å². The topological polar surface area (TPSA) is 49.0 Å². The van der Waals surface area contributed by atoms with Crippen LogP contribution in [0.2, 0.25) is 0 Å². The molecule has 120 valence electrons. The molecule has 1 N–H and O–H groups in total. The van der Waals surface area contributed by atoms with Crippen molar-refractivity contribution in [3.05, 3.63) is 59.7 Å². The molecule has 4 nitrogen and oxygen atoms in total. The standard InChI is InChI=1S/C19H16FN3O/c20-13-3-1-4-16-17(13)19(7-2-8-19)10-23(16)18(24)12-5-6-14-15(9-12)22-11-21-14/h1,3-6,9,11H,2,7-8,10H2,(H,21,22). The van der Waals surface area contributed by atoms with E-state index in [1.54, 1.807) is 23.4 Å². The third-order valence-corrected chi connectivity index (χ3v) is 5.50. The van der Waals surface area contributed by atoms with E-state index in [0.29, 0.717) is 12.1 Å². The number of fused-ring (bicyclic) bond motifs is 3. The molecule has 1 saturated carbocycles. The number of carbonyl (C=O) groups excluding carboxylic acids is 1. The van der Waals surface area contributed by atoms with Gasteiger partial charge in [0.1, 0.15) is 5.82 Å². The number of anilines is 1. The van der Waals surface area contributed by atoms with Gasteiger partial charge in [0, 0.05) is 23.1 Å². The SMILES string of the molecule is O=C(c1ccc2nc[nH]c2c1)N1CC2(CCC2)c2c(F)cccc21. The average Bonchev–Trinajstić information content (AvgIpc) is 3.16. The lowest BCUT2D eigenvalue weighted by Crippen LogP contribution is -2.41. The van der Waals surface area contributed by atoms with Crippen LogP contribution in [0.25, 0.3) is 11.0 Å². The highest BCUT2D eigenvalue weighted by molar-refractivity contribution is 6.09. The van der Waals surface area contributed by atoms with Crippen LogP contribution in [-0.2, 0) is 5.41 Å². The second-order valence-corrected chi connectivity index (χ2v) is 6.79. The van der Waals surface area contributed by atoms with E-state index in [2.05, 4.69) is 9.97 Å². The van der Waals surface area contributed by atoms with Crippen LogP contribution >= 0.6 is 0 Å². The predicted octanol–water partition coefficient (Wildman–Crippen LogP) is 3.78. The van der Waals surface area contributed by atoms with Gasteiger partial charge in [0.15, 0.2) is 0 Å². The van der Waals surface area contributed by atoms with Crippen LogP contribution in [0.1, 0.15) is 35.2 Å². The number of carbonyl (C=O) groups is 1. The summed E-state index contributed by atoms with van der Waals surface area (Å²) >= 11 is 0. The molecule has 1 aliphatic heterocycles. The van der Waals surface area contributed by atoms with Crippen LogP contribution in [0.5, 0.6) is 0 Å². The summed E-state index contributed by atoms with van der Waals surface area (Å²) in [4.78, 5) is 22.0. The van der Waals surface area contributed by atoms with Crippen LogP contribution in [0.4, 0.5) is 10.1 Å². The van der Waals surface area contributed by atoms with Crippen molar-refractivity contribution in [1.29, 1.82) is 0 Å². The van der Waals surface area contributed by atoms with E-state index in [1.807, 2.05) is 18.2 Å². The molecule has 5 heteroatoms. The predicted molar refractivity (Wildman–Crippen MR) is 89.7 cm³/mol. The number of rotatable bonds is 1. The molecule has 0 bridgehead atoms. The molecule has 0 unspecified atom stereocenters. The largest absolute Gasteiger partial charge is 0.345 e. The van der Waals surface area contributed by atoms with Crippen molar-refractivity contribution < 1.29 is 9.18 Å². The van der Waals surface area contributed by atoms with Gasteiger partial charge in [0.25, 0.3) is 5.91 Å². The minimum Gasteiger partial charge on any atom is -0.345 e. The van der Waals surface area contributed by atoms with E-state index < -0.39 is 0 Å². The number of aromatic nitrogens is 2. The van der Waals surface area contributed by atoms with Gasteiger partial charge in [0.05, 0.1) is 23.0 Å². The summed E-state index contributed by atoms with van der Waals surface area (Å²) in [7, 11) is 0. The first-order valence-corrected chi connectivity index (χ1v) is 8.22. The maximum absolute atomic E-state index is 14.5. The number of benzene rings is 2. The Morgan fingerprint density at radius 3 is 2.92 bits per heavy atom. The minimum absolute atomic E-state index is 0.0814. The Morgan fingerprint density at radius 1 is 1.25 bits per heavy atom. The first-order chi connectivity index (χ1) is 11.7. The number of hydrogen-bond donors (Lipinski definition) is 1. The molecule has 1 amide bonds. The fourth-order valence-corrected chi connectivity index (χ4v) is 4.15. The van der Waals surface area contributed by atoms with Crippen LogP contribution in [0, 0.1) is 5.82 Å². The number of nitrogens with zero attached hydrogens (tertiary/aromatic N) is 2. The van der Waals surface area contributed by atoms with Crippen molar-refractivity contribution in [3.8, 4) is 0 Å². The Bertz CT molecular complexity index is 974. The molecule has 5 rings (SSSR count). The van der Waals surface area contributed by atoms with Crippen molar-refractivity contribution in [2.45, 2.75) is 24.7 Å². The van der Waals surface area contributed by atoms with Gasteiger partial charge >= 0.3 is 0 Å². The molecule has 1 aromatic heterocycles. The third-order valence-electron chi connectivity index (χ3n) is 5.50.